The van der Waals surface area contributed by atoms with E-state index in [1.807, 2.05) is 30.3 Å². The molecular weight excluding hydrogens is 224 g/mol. The number of hydrogen-bond acceptors (Lipinski definition) is 2. The molecule has 0 aliphatic rings. The summed E-state index contributed by atoms with van der Waals surface area (Å²) in [4.78, 5) is 11.7. The number of nitrogens with zero attached hydrogens (tertiary/aromatic N) is 1. The summed E-state index contributed by atoms with van der Waals surface area (Å²) in [5.74, 6) is 0. The van der Waals surface area contributed by atoms with Crippen LogP contribution in [0.1, 0.15) is 6.42 Å². The number of halogens is 1. The fourth-order valence-electron chi connectivity index (χ4n) is 1.72. The highest BCUT2D eigenvalue weighted by atomic mass is 35.5. The molecule has 0 aliphatic carbocycles. The van der Waals surface area contributed by atoms with Crippen molar-refractivity contribution in [3.05, 3.63) is 46.8 Å². The van der Waals surface area contributed by atoms with Crippen molar-refractivity contribution in [2.45, 2.75) is 13.0 Å². The highest BCUT2D eigenvalue weighted by Crippen LogP contribution is 2.10. The minimum Gasteiger partial charge on any atom is -0.330 e. The molecule has 2 aromatic rings. The maximum Gasteiger partial charge on any atom is 0.251 e. The van der Waals surface area contributed by atoms with Gasteiger partial charge >= 0.3 is 0 Å². The summed E-state index contributed by atoms with van der Waals surface area (Å²) >= 11 is 0. The Kier molecular flexibility index (Phi) is 4.52. The van der Waals surface area contributed by atoms with Gasteiger partial charge in [-0.15, -0.1) is 12.4 Å². The highest BCUT2D eigenvalue weighted by molar-refractivity contribution is 5.85. The van der Waals surface area contributed by atoms with Crippen LogP contribution < -0.4 is 11.3 Å². The lowest BCUT2D eigenvalue weighted by Crippen LogP contribution is -2.20. The maximum absolute atomic E-state index is 11.7. The smallest absolute Gasteiger partial charge is 0.251 e. The van der Waals surface area contributed by atoms with E-state index in [4.69, 9.17) is 5.73 Å². The Bertz CT molecular complexity index is 522. The van der Waals surface area contributed by atoms with Gasteiger partial charge in [0, 0.05) is 12.6 Å². The third-order valence-corrected chi connectivity index (χ3v) is 2.48. The molecule has 0 aliphatic heterocycles. The van der Waals surface area contributed by atoms with Gasteiger partial charge in [0.1, 0.15) is 0 Å². The average Bonchev–Trinajstić information content (AvgIpc) is 2.28. The van der Waals surface area contributed by atoms with E-state index in [1.54, 1.807) is 10.6 Å². The Morgan fingerprint density at radius 2 is 1.88 bits per heavy atom. The number of rotatable bonds is 3. The van der Waals surface area contributed by atoms with Crippen LogP contribution in [0.15, 0.2) is 41.2 Å². The number of aryl methyl sites for hydroxylation is 1. The first-order valence-electron chi connectivity index (χ1n) is 5.11. The van der Waals surface area contributed by atoms with Crippen molar-refractivity contribution >= 4 is 23.3 Å². The van der Waals surface area contributed by atoms with Gasteiger partial charge in [0.05, 0.1) is 5.52 Å². The first kappa shape index (κ1) is 12.7. The highest BCUT2D eigenvalue weighted by Gasteiger charge is 2.00. The lowest BCUT2D eigenvalue weighted by molar-refractivity contribution is 0.650. The van der Waals surface area contributed by atoms with Crippen LogP contribution in [0.2, 0.25) is 0 Å². The quantitative estimate of drug-likeness (QED) is 0.886. The van der Waals surface area contributed by atoms with Crippen LogP contribution in [-0.4, -0.2) is 11.1 Å². The van der Waals surface area contributed by atoms with Crippen LogP contribution in [0.25, 0.3) is 10.9 Å². The van der Waals surface area contributed by atoms with E-state index in [-0.39, 0.29) is 18.0 Å². The van der Waals surface area contributed by atoms with Gasteiger partial charge in [-0.25, -0.2) is 0 Å². The molecule has 3 nitrogen and oxygen atoms in total. The molecule has 0 saturated heterocycles. The molecule has 0 spiro atoms. The first-order valence-corrected chi connectivity index (χ1v) is 5.11. The van der Waals surface area contributed by atoms with Crippen molar-refractivity contribution in [3.8, 4) is 0 Å². The maximum atomic E-state index is 11.7. The summed E-state index contributed by atoms with van der Waals surface area (Å²) in [6, 6.07) is 11.4. The molecule has 2 rings (SSSR count). The van der Waals surface area contributed by atoms with Gasteiger partial charge in [0.15, 0.2) is 0 Å². The van der Waals surface area contributed by atoms with Gasteiger partial charge in [-0.3, -0.25) is 4.79 Å². The number of para-hydroxylation sites is 1. The van der Waals surface area contributed by atoms with E-state index >= 15 is 0 Å². The molecule has 0 unspecified atom stereocenters. The normalized spacial score (nSPS) is 10.1. The van der Waals surface area contributed by atoms with Crippen LogP contribution in [-0.2, 0) is 6.54 Å². The van der Waals surface area contributed by atoms with Gasteiger partial charge in [-0.2, -0.15) is 0 Å². The summed E-state index contributed by atoms with van der Waals surface area (Å²) < 4.78 is 1.78. The van der Waals surface area contributed by atoms with Gasteiger partial charge in [0.2, 0.25) is 0 Å². The molecule has 0 atom stereocenters. The van der Waals surface area contributed by atoms with Gasteiger partial charge in [-0.1, -0.05) is 18.2 Å². The molecule has 0 amide bonds. The van der Waals surface area contributed by atoms with E-state index in [2.05, 4.69) is 0 Å². The molecule has 1 aromatic carbocycles. The van der Waals surface area contributed by atoms with E-state index in [0.717, 1.165) is 17.3 Å². The molecule has 86 valence electrons. The van der Waals surface area contributed by atoms with E-state index in [9.17, 15) is 4.79 Å². The molecule has 0 bridgehead atoms. The molecule has 2 N–H and O–H groups in total. The van der Waals surface area contributed by atoms with Crippen molar-refractivity contribution in [1.29, 1.82) is 0 Å². The monoisotopic (exact) mass is 238 g/mol. The molecule has 1 heterocycles. The molecular formula is C12H15ClN2O. The number of pyridine rings is 1. The fraction of sp³-hybridized carbons (Fsp3) is 0.250. The average molecular weight is 239 g/mol. The molecule has 1 aromatic heterocycles. The lowest BCUT2D eigenvalue weighted by atomic mass is 10.2. The Labute approximate surface area is 100 Å². The Morgan fingerprint density at radius 1 is 1.12 bits per heavy atom. The Morgan fingerprint density at radius 3 is 2.62 bits per heavy atom. The van der Waals surface area contributed by atoms with Gasteiger partial charge in [0.25, 0.3) is 5.56 Å². The topological polar surface area (TPSA) is 48.0 Å². The molecule has 16 heavy (non-hydrogen) atoms. The predicted octanol–water partition coefficient (Wildman–Crippen LogP) is 1.77. The second-order valence-electron chi connectivity index (χ2n) is 3.52. The largest absolute Gasteiger partial charge is 0.330 e. The van der Waals surface area contributed by atoms with Crippen LogP contribution in [0, 0.1) is 0 Å². The summed E-state index contributed by atoms with van der Waals surface area (Å²) in [5, 5.41) is 1.09. The van der Waals surface area contributed by atoms with Gasteiger partial charge < -0.3 is 10.3 Å². The van der Waals surface area contributed by atoms with Crippen LogP contribution in [0.5, 0.6) is 0 Å². The summed E-state index contributed by atoms with van der Waals surface area (Å²) in [7, 11) is 0. The first-order chi connectivity index (χ1) is 7.33. The van der Waals surface area contributed by atoms with Crippen molar-refractivity contribution in [2.75, 3.05) is 6.54 Å². The second kappa shape index (κ2) is 5.68. The lowest BCUT2D eigenvalue weighted by Gasteiger charge is -2.08. The third-order valence-electron chi connectivity index (χ3n) is 2.48. The Hall–Kier alpha value is -1.32. The molecule has 0 saturated carbocycles. The van der Waals surface area contributed by atoms with E-state index < -0.39 is 0 Å². The zero-order chi connectivity index (χ0) is 10.7. The van der Waals surface area contributed by atoms with Crippen molar-refractivity contribution < 1.29 is 0 Å². The number of benzene rings is 1. The SMILES string of the molecule is Cl.NCCCn1c(=O)ccc2ccccc21. The number of fused-ring (bicyclic) bond motifs is 1. The zero-order valence-corrected chi connectivity index (χ0v) is 9.74. The number of hydrogen-bond donors (Lipinski definition) is 1. The van der Waals surface area contributed by atoms with Crippen LogP contribution in [0.4, 0.5) is 0 Å². The minimum atomic E-state index is 0. The standard InChI is InChI=1S/C12H14N2O.ClH/c13-8-3-9-14-11-5-2-1-4-10(11)6-7-12(14)15;/h1-2,4-7H,3,8-9,13H2;1H. The van der Waals surface area contributed by atoms with E-state index in [1.165, 1.54) is 0 Å². The van der Waals surface area contributed by atoms with Crippen molar-refractivity contribution in [3.63, 3.8) is 0 Å². The number of aromatic nitrogens is 1. The number of nitrogens with two attached hydrogens (primary N) is 1. The second-order valence-corrected chi connectivity index (χ2v) is 3.52. The predicted molar refractivity (Wildman–Crippen MR) is 69.1 cm³/mol. The third kappa shape index (κ3) is 2.43. The molecule has 0 fully saturated rings. The van der Waals surface area contributed by atoms with Crippen LogP contribution >= 0.6 is 12.4 Å². The molecule has 0 radical (unpaired) electrons. The van der Waals surface area contributed by atoms with Crippen LogP contribution in [0.3, 0.4) is 0 Å². The molecule has 4 heteroatoms. The fourth-order valence-corrected chi connectivity index (χ4v) is 1.72. The van der Waals surface area contributed by atoms with Crippen molar-refractivity contribution in [2.24, 2.45) is 5.73 Å². The van der Waals surface area contributed by atoms with Gasteiger partial charge in [-0.05, 0) is 30.5 Å². The minimum absolute atomic E-state index is 0. The van der Waals surface area contributed by atoms with Crippen molar-refractivity contribution in [1.82, 2.24) is 4.57 Å². The zero-order valence-electron chi connectivity index (χ0n) is 8.93. The summed E-state index contributed by atoms with van der Waals surface area (Å²) in [6.45, 7) is 1.30. The summed E-state index contributed by atoms with van der Waals surface area (Å²) in [5.41, 5.74) is 6.48. The summed E-state index contributed by atoms with van der Waals surface area (Å²) in [6.07, 6.45) is 0.827. The Balaban J connectivity index is 0.00000128. The van der Waals surface area contributed by atoms with E-state index in [0.29, 0.717) is 13.1 Å².